The van der Waals surface area contributed by atoms with Gasteiger partial charge in [-0.2, -0.15) is 5.26 Å². The number of nitriles is 1. The van der Waals surface area contributed by atoms with Crippen molar-refractivity contribution in [2.24, 2.45) is 5.92 Å². The monoisotopic (exact) mass is 222 g/mol. The molecule has 1 N–H and O–H groups in total. The Morgan fingerprint density at radius 2 is 2.00 bits per heavy atom. The predicted molar refractivity (Wildman–Crippen MR) is 63.0 cm³/mol. The molecule has 3 nitrogen and oxygen atoms in total. The van der Waals surface area contributed by atoms with Crippen LogP contribution in [0, 0.1) is 17.2 Å². The van der Waals surface area contributed by atoms with Crippen molar-refractivity contribution < 1.29 is 4.74 Å². The van der Waals surface area contributed by atoms with Gasteiger partial charge in [0, 0.05) is 18.6 Å². The van der Waals surface area contributed by atoms with Crippen molar-refractivity contribution in [2.45, 2.75) is 57.0 Å². The van der Waals surface area contributed by atoms with E-state index in [1.165, 1.54) is 32.1 Å². The Labute approximate surface area is 98.2 Å². The standard InChI is InChI=1S/C13H22N2O/c1-13(10-14,11-7-8-16-9-11)15-12-5-3-2-4-6-12/h11-12,15H,2-9H2,1H3. The first-order valence-corrected chi connectivity index (χ1v) is 6.51. The average molecular weight is 222 g/mol. The highest BCUT2D eigenvalue weighted by Gasteiger charge is 2.38. The van der Waals surface area contributed by atoms with Gasteiger partial charge in [0.15, 0.2) is 0 Å². The van der Waals surface area contributed by atoms with Crippen molar-refractivity contribution in [3.8, 4) is 6.07 Å². The lowest BCUT2D eigenvalue weighted by molar-refractivity contribution is 0.160. The summed E-state index contributed by atoms with van der Waals surface area (Å²) in [5.41, 5.74) is -0.390. The molecule has 0 bridgehead atoms. The zero-order valence-electron chi connectivity index (χ0n) is 10.2. The van der Waals surface area contributed by atoms with Crippen molar-refractivity contribution >= 4 is 0 Å². The second-order valence-corrected chi connectivity index (χ2v) is 5.35. The lowest BCUT2D eigenvalue weighted by Crippen LogP contribution is -2.53. The Hall–Kier alpha value is -0.590. The van der Waals surface area contributed by atoms with Crippen molar-refractivity contribution in [1.29, 1.82) is 5.26 Å². The molecule has 0 amide bonds. The van der Waals surface area contributed by atoms with Gasteiger partial charge in [0.05, 0.1) is 12.7 Å². The molecule has 1 aliphatic carbocycles. The maximum Gasteiger partial charge on any atom is 0.109 e. The largest absolute Gasteiger partial charge is 0.381 e. The summed E-state index contributed by atoms with van der Waals surface area (Å²) in [4.78, 5) is 0. The third kappa shape index (κ3) is 2.56. The number of nitrogens with zero attached hydrogens (tertiary/aromatic N) is 1. The summed E-state index contributed by atoms with van der Waals surface area (Å²) in [6, 6.07) is 3.02. The molecule has 0 radical (unpaired) electrons. The molecule has 0 aromatic rings. The van der Waals surface area contributed by atoms with Gasteiger partial charge >= 0.3 is 0 Å². The molecule has 1 saturated heterocycles. The van der Waals surface area contributed by atoms with Gasteiger partial charge in [0.25, 0.3) is 0 Å². The summed E-state index contributed by atoms with van der Waals surface area (Å²) in [7, 11) is 0. The molecule has 2 aliphatic rings. The molecular formula is C13H22N2O. The first-order valence-electron chi connectivity index (χ1n) is 6.51. The highest BCUT2D eigenvalue weighted by molar-refractivity contribution is 5.10. The maximum absolute atomic E-state index is 9.41. The summed E-state index contributed by atoms with van der Waals surface area (Å²) >= 11 is 0. The second-order valence-electron chi connectivity index (χ2n) is 5.35. The topological polar surface area (TPSA) is 45.0 Å². The molecule has 2 fully saturated rings. The highest BCUT2D eigenvalue weighted by Crippen LogP contribution is 2.28. The first kappa shape index (κ1) is 11.9. The van der Waals surface area contributed by atoms with Crippen LogP contribution in [-0.4, -0.2) is 24.8 Å². The summed E-state index contributed by atoms with van der Waals surface area (Å²) in [5, 5.41) is 13.0. The van der Waals surface area contributed by atoms with Crippen LogP contribution in [0.2, 0.25) is 0 Å². The Morgan fingerprint density at radius 1 is 1.25 bits per heavy atom. The fraction of sp³-hybridized carbons (Fsp3) is 0.923. The van der Waals surface area contributed by atoms with Crippen molar-refractivity contribution in [3.05, 3.63) is 0 Å². The molecule has 0 aromatic carbocycles. The minimum Gasteiger partial charge on any atom is -0.381 e. The van der Waals surface area contributed by atoms with E-state index in [9.17, 15) is 5.26 Å². The Balaban J connectivity index is 1.94. The van der Waals surface area contributed by atoms with Gasteiger partial charge in [-0.15, -0.1) is 0 Å². The number of hydrogen-bond acceptors (Lipinski definition) is 3. The van der Waals surface area contributed by atoms with Gasteiger partial charge < -0.3 is 4.74 Å². The normalized spacial score (nSPS) is 30.9. The molecule has 2 rings (SSSR count). The third-order valence-corrected chi connectivity index (χ3v) is 4.09. The van der Waals surface area contributed by atoms with E-state index >= 15 is 0 Å². The fourth-order valence-corrected chi connectivity index (χ4v) is 2.90. The fourth-order valence-electron chi connectivity index (χ4n) is 2.90. The Morgan fingerprint density at radius 3 is 2.56 bits per heavy atom. The molecule has 90 valence electrons. The smallest absolute Gasteiger partial charge is 0.109 e. The molecular weight excluding hydrogens is 200 g/mol. The lowest BCUT2D eigenvalue weighted by Gasteiger charge is -2.35. The van der Waals surface area contributed by atoms with Gasteiger partial charge in [-0.1, -0.05) is 19.3 Å². The third-order valence-electron chi connectivity index (χ3n) is 4.09. The number of rotatable bonds is 3. The van der Waals surface area contributed by atoms with Crippen molar-refractivity contribution in [2.75, 3.05) is 13.2 Å². The summed E-state index contributed by atoms with van der Waals surface area (Å²) in [6.45, 7) is 3.60. The van der Waals surface area contributed by atoms with Gasteiger partial charge in [0.1, 0.15) is 5.54 Å². The van der Waals surface area contributed by atoms with Crippen LogP contribution >= 0.6 is 0 Å². The summed E-state index contributed by atoms with van der Waals surface area (Å²) in [5.74, 6) is 0.361. The van der Waals surface area contributed by atoms with Crippen LogP contribution in [0.25, 0.3) is 0 Å². The molecule has 1 aliphatic heterocycles. The minimum absolute atomic E-state index is 0.361. The lowest BCUT2D eigenvalue weighted by atomic mass is 9.83. The second kappa shape index (κ2) is 5.16. The van der Waals surface area contributed by atoms with Crippen LogP contribution in [0.1, 0.15) is 45.4 Å². The van der Waals surface area contributed by atoms with E-state index in [4.69, 9.17) is 4.74 Å². The van der Waals surface area contributed by atoms with E-state index in [2.05, 4.69) is 11.4 Å². The van der Waals surface area contributed by atoms with E-state index in [0.717, 1.165) is 19.6 Å². The van der Waals surface area contributed by atoms with Crippen LogP contribution in [0.4, 0.5) is 0 Å². The molecule has 1 heterocycles. The zero-order valence-corrected chi connectivity index (χ0v) is 10.2. The zero-order chi connectivity index (χ0) is 11.4. The van der Waals surface area contributed by atoms with Crippen LogP contribution in [0.3, 0.4) is 0 Å². The molecule has 0 aromatic heterocycles. The Kier molecular flexibility index (Phi) is 3.83. The number of nitrogens with one attached hydrogen (secondary N) is 1. The van der Waals surface area contributed by atoms with E-state index < -0.39 is 5.54 Å². The quantitative estimate of drug-likeness (QED) is 0.796. The molecule has 2 unspecified atom stereocenters. The van der Waals surface area contributed by atoms with E-state index in [0.29, 0.717) is 12.0 Å². The Bertz CT molecular complexity index is 262. The number of ether oxygens (including phenoxy) is 1. The highest BCUT2D eigenvalue weighted by atomic mass is 16.5. The van der Waals surface area contributed by atoms with Gasteiger partial charge in [-0.3, -0.25) is 5.32 Å². The van der Waals surface area contributed by atoms with Gasteiger partial charge in [0.2, 0.25) is 0 Å². The van der Waals surface area contributed by atoms with Crippen LogP contribution in [-0.2, 0) is 4.74 Å². The summed E-state index contributed by atoms with van der Waals surface area (Å²) < 4.78 is 5.40. The van der Waals surface area contributed by atoms with Crippen LogP contribution in [0.5, 0.6) is 0 Å². The average Bonchev–Trinajstić information content (AvgIpc) is 2.84. The van der Waals surface area contributed by atoms with Gasteiger partial charge in [-0.05, 0) is 26.2 Å². The van der Waals surface area contributed by atoms with Crippen LogP contribution < -0.4 is 5.32 Å². The number of hydrogen-bond donors (Lipinski definition) is 1. The summed E-state index contributed by atoms with van der Waals surface area (Å²) in [6.07, 6.45) is 7.44. The molecule has 16 heavy (non-hydrogen) atoms. The maximum atomic E-state index is 9.41. The van der Waals surface area contributed by atoms with E-state index in [-0.39, 0.29) is 0 Å². The van der Waals surface area contributed by atoms with Crippen molar-refractivity contribution in [1.82, 2.24) is 5.32 Å². The van der Waals surface area contributed by atoms with Crippen LogP contribution in [0.15, 0.2) is 0 Å². The molecule has 0 spiro atoms. The van der Waals surface area contributed by atoms with E-state index in [1.807, 2.05) is 6.92 Å². The molecule has 2 atom stereocenters. The first-order chi connectivity index (χ1) is 7.74. The molecule has 3 heteroatoms. The van der Waals surface area contributed by atoms with Crippen molar-refractivity contribution in [3.63, 3.8) is 0 Å². The SMILES string of the molecule is CC(C#N)(NC1CCCCC1)C1CCOC1. The molecule has 1 saturated carbocycles. The predicted octanol–water partition coefficient (Wildman–Crippen LogP) is 2.23. The minimum atomic E-state index is -0.390. The van der Waals surface area contributed by atoms with Gasteiger partial charge in [-0.25, -0.2) is 0 Å². The van der Waals surface area contributed by atoms with E-state index in [1.54, 1.807) is 0 Å².